The molecule has 42 heavy (non-hydrogen) atoms. The second-order valence-electron chi connectivity index (χ2n) is 10.2. The van der Waals surface area contributed by atoms with Crippen LogP contribution >= 0.6 is 0 Å². The first kappa shape index (κ1) is 29.2. The normalized spacial score (nSPS) is 15.7. The zero-order valence-electron chi connectivity index (χ0n) is 23.4. The number of piperazine rings is 1. The molecule has 1 saturated heterocycles. The zero-order valence-corrected chi connectivity index (χ0v) is 24.3. The number of carbonyl (C=O) groups is 1. The van der Waals surface area contributed by atoms with Crippen LogP contribution < -0.4 is 14.8 Å². The van der Waals surface area contributed by atoms with Crippen LogP contribution in [0.1, 0.15) is 27.0 Å². The predicted octanol–water partition coefficient (Wildman–Crippen LogP) is 4.11. The van der Waals surface area contributed by atoms with Crippen molar-refractivity contribution in [2.24, 2.45) is 0 Å². The van der Waals surface area contributed by atoms with E-state index >= 15 is 0 Å². The fourth-order valence-corrected chi connectivity index (χ4v) is 6.03. The van der Waals surface area contributed by atoms with Crippen LogP contribution in [0.5, 0.6) is 5.88 Å². The summed E-state index contributed by atoms with van der Waals surface area (Å²) < 4.78 is 35.1. The molecule has 218 valence electrons. The molecule has 1 unspecified atom stereocenters. The maximum atomic E-state index is 13.3. The van der Waals surface area contributed by atoms with E-state index in [0.717, 1.165) is 48.9 Å². The SMILES string of the molecule is Cc1cccc(C)c1-c1cc(OCC2CNCCN2Cc2ccccc2)nc(NS(=O)(=O)c2cccc(C(=O)O)c2)n1. The number of benzene rings is 3. The fraction of sp³-hybridized carbons (Fsp3) is 0.258. The maximum Gasteiger partial charge on any atom is 0.335 e. The molecule has 1 aliphatic heterocycles. The van der Waals surface area contributed by atoms with Gasteiger partial charge in [0.2, 0.25) is 11.8 Å². The van der Waals surface area contributed by atoms with Gasteiger partial charge in [0.25, 0.3) is 10.0 Å². The summed E-state index contributed by atoms with van der Waals surface area (Å²) in [6.07, 6.45) is 0. The molecule has 3 aromatic carbocycles. The number of aromatic carboxylic acids is 1. The van der Waals surface area contributed by atoms with Gasteiger partial charge in [-0.3, -0.25) is 4.90 Å². The predicted molar refractivity (Wildman–Crippen MR) is 160 cm³/mol. The van der Waals surface area contributed by atoms with Crippen LogP contribution in [0.3, 0.4) is 0 Å². The molecule has 2 heterocycles. The molecule has 0 radical (unpaired) electrons. The van der Waals surface area contributed by atoms with Gasteiger partial charge in [0.05, 0.1) is 22.2 Å². The van der Waals surface area contributed by atoms with Crippen molar-refractivity contribution in [1.82, 2.24) is 20.2 Å². The molecule has 11 heteroatoms. The van der Waals surface area contributed by atoms with Crippen LogP contribution in [0.15, 0.2) is 83.8 Å². The highest BCUT2D eigenvalue weighted by molar-refractivity contribution is 7.92. The van der Waals surface area contributed by atoms with Gasteiger partial charge in [-0.25, -0.2) is 22.9 Å². The van der Waals surface area contributed by atoms with Gasteiger partial charge in [0.15, 0.2) is 0 Å². The van der Waals surface area contributed by atoms with Crippen LogP contribution in [-0.4, -0.2) is 66.6 Å². The van der Waals surface area contributed by atoms with Gasteiger partial charge < -0.3 is 15.2 Å². The van der Waals surface area contributed by atoms with E-state index in [1.165, 1.54) is 23.8 Å². The lowest BCUT2D eigenvalue weighted by Gasteiger charge is -2.35. The third kappa shape index (κ3) is 6.93. The van der Waals surface area contributed by atoms with Crippen molar-refractivity contribution >= 4 is 21.9 Å². The first-order valence-electron chi connectivity index (χ1n) is 13.6. The maximum absolute atomic E-state index is 13.3. The van der Waals surface area contributed by atoms with E-state index in [4.69, 9.17) is 4.74 Å². The van der Waals surface area contributed by atoms with Crippen molar-refractivity contribution in [3.05, 3.63) is 101 Å². The number of ether oxygens (including phenoxy) is 1. The van der Waals surface area contributed by atoms with E-state index in [1.807, 2.05) is 50.2 Å². The minimum atomic E-state index is -4.20. The molecular formula is C31H33N5O5S. The molecular weight excluding hydrogens is 554 g/mol. The molecule has 0 aliphatic carbocycles. The van der Waals surface area contributed by atoms with Crippen LogP contribution in [0, 0.1) is 13.8 Å². The fourth-order valence-electron chi connectivity index (χ4n) is 5.04. The molecule has 3 N–H and O–H groups in total. The largest absolute Gasteiger partial charge is 0.478 e. The van der Waals surface area contributed by atoms with Gasteiger partial charge in [-0.05, 0) is 48.7 Å². The quantitative estimate of drug-likeness (QED) is 0.251. The third-order valence-corrected chi connectivity index (χ3v) is 8.51. The number of sulfonamides is 1. The second kappa shape index (κ2) is 12.7. The summed E-state index contributed by atoms with van der Waals surface area (Å²) in [6, 6.07) is 23.0. The molecule has 1 fully saturated rings. The number of aromatic nitrogens is 2. The summed E-state index contributed by atoms with van der Waals surface area (Å²) in [6.45, 7) is 7.51. The highest BCUT2D eigenvalue weighted by Crippen LogP contribution is 2.29. The number of rotatable bonds is 10. The first-order chi connectivity index (χ1) is 20.2. The molecule has 0 spiro atoms. The van der Waals surface area contributed by atoms with Crippen LogP contribution in [0.2, 0.25) is 0 Å². The van der Waals surface area contributed by atoms with Gasteiger partial charge in [0, 0.05) is 37.8 Å². The standard InChI is InChI=1S/C31H33N5O5S/c1-21-8-6-9-22(2)29(21)27-17-28(41-20-25-18-32-14-15-36(25)19-23-10-4-3-5-11-23)34-31(33-27)35-42(39,40)26-13-7-12-24(16-26)30(37)38/h3-13,16-17,25,32H,14-15,18-20H2,1-2H3,(H,37,38)(H,33,34,35). The van der Waals surface area contributed by atoms with Gasteiger partial charge >= 0.3 is 5.97 Å². The Balaban J connectivity index is 1.44. The summed E-state index contributed by atoms with van der Waals surface area (Å²) in [7, 11) is -4.20. The van der Waals surface area contributed by atoms with Crippen molar-refractivity contribution in [3.63, 3.8) is 0 Å². The van der Waals surface area contributed by atoms with E-state index in [2.05, 4.69) is 37.0 Å². The van der Waals surface area contributed by atoms with E-state index < -0.39 is 16.0 Å². The van der Waals surface area contributed by atoms with Gasteiger partial charge in [-0.15, -0.1) is 0 Å². The number of hydrogen-bond acceptors (Lipinski definition) is 8. The Morgan fingerprint density at radius 2 is 1.76 bits per heavy atom. The van der Waals surface area contributed by atoms with E-state index in [1.54, 1.807) is 6.07 Å². The summed E-state index contributed by atoms with van der Waals surface area (Å²) in [4.78, 5) is 22.5. The molecule has 1 atom stereocenters. The summed E-state index contributed by atoms with van der Waals surface area (Å²) in [5.41, 5.74) is 4.36. The highest BCUT2D eigenvalue weighted by Gasteiger charge is 2.24. The summed E-state index contributed by atoms with van der Waals surface area (Å²) >= 11 is 0. The lowest BCUT2D eigenvalue weighted by Crippen LogP contribution is -2.53. The minimum Gasteiger partial charge on any atom is -0.478 e. The lowest BCUT2D eigenvalue weighted by atomic mass is 10.00. The third-order valence-electron chi connectivity index (χ3n) is 7.18. The van der Waals surface area contributed by atoms with E-state index in [9.17, 15) is 18.3 Å². The highest BCUT2D eigenvalue weighted by atomic mass is 32.2. The van der Waals surface area contributed by atoms with Crippen molar-refractivity contribution in [2.75, 3.05) is 31.0 Å². The monoisotopic (exact) mass is 587 g/mol. The number of carboxylic acid groups (broad SMARTS) is 1. The molecule has 10 nitrogen and oxygen atoms in total. The second-order valence-corrected chi connectivity index (χ2v) is 11.9. The Morgan fingerprint density at radius 1 is 1.02 bits per heavy atom. The molecule has 0 bridgehead atoms. The lowest BCUT2D eigenvalue weighted by molar-refractivity contribution is 0.0696. The zero-order chi connectivity index (χ0) is 29.7. The Kier molecular flexibility index (Phi) is 8.81. The smallest absolute Gasteiger partial charge is 0.335 e. The van der Waals surface area contributed by atoms with Crippen LogP contribution in [0.25, 0.3) is 11.3 Å². The molecule has 4 aromatic rings. The first-order valence-corrected chi connectivity index (χ1v) is 15.1. The average Bonchev–Trinajstić information content (AvgIpc) is 2.97. The van der Waals surface area contributed by atoms with Crippen molar-refractivity contribution in [1.29, 1.82) is 0 Å². The summed E-state index contributed by atoms with van der Waals surface area (Å²) in [5.74, 6) is -1.17. The molecule has 1 aliphatic rings. The van der Waals surface area contributed by atoms with Crippen LogP contribution in [0.4, 0.5) is 5.95 Å². The number of carboxylic acids is 1. The van der Waals surface area contributed by atoms with Crippen LogP contribution in [-0.2, 0) is 16.6 Å². The van der Waals surface area contributed by atoms with Crippen molar-refractivity contribution < 1.29 is 23.1 Å². The average molecular weight is 588 g/mol. The molecule has 1 aromatic heterocycles. The summed E-state index contributed by atoms with van der Waals surface area (Å²) in [5, 5.41) is 12.7. The number of nitrogens with one attached hydrogen (secondary N) is 2. The molecule has 0 amide bonds. The Labute approximate surface area is 245 Å². The molecule has 0 saturated carbocycles. The van der Waals surface area contributed by atoms with E-state index in [0.29, 0.717) is 12.3 Å². The number of nitrogens with zero attached hydrogens (tertiary/aromatic N) is 3. The Bertz CT molecular complexity index is 1660. The van der Waals surface area contributed by atoms with Gasteiger partial charge in [-0.2, -0.15) is 4.98 Å². The van der Waals surface area contributed by atoms with E-state index in [-0.39, 0.29) is 28.3 Å². The van der Waals surface area contributed by atoms with Gasteiger partial charge in [0.1, 0.15) is 6.61 Å². The Hall–Kier alpha value is -4.32. The minimum absolute atomic E-state index is 0.0662. The number of hydrogen-bond donors (Lipinski definition) is 3. The van der Waals surface area contributed by atoms with Crippen molar-refractivity contribution in [3.8, 4) is 17.1 Å². The van der Waals surface area contributed by atoms with Gasteiger partial charge in [-0.1, -0.05) is 54.6 Å². The topological polar surface area (TPSA) is 134 Å². The molecule has 5 rings (SSSR count). The Morgan fingerprint density at radius 3 is 2.50 bits per heavy atom. The number of anilines is 1. The van der Waals surface area contributed by atoms with Crippen molar-refractivity contribution in [2.45, 2.75) is 31.3 Å². The number of aryl methyl sites for hydroxylation is 2.